The molecule has 4 bridgehead atoms. The number of aromatic hydroxyl groups is 1. The quantitative estimate of drug-likeness (QED) is 0.124. The van der Waals surface area contributed by atoms with E-state index in [0.717, 1.165) is 36.4 Å². The van der Waals surface area contributed by atoms with Crippen molar-refractivity contribution in [3.8, 4) is 5.75 Å². The number of aliphatic imine (C=N–C) groups is 1. The molecule has 0 atom stereocenters. The zero-order valence-corrected chi connectivity index (χ0v) is 33.6. The number of nitrogens with zero attached hydrogens (tertiary/aromatic N) is 3. The van der Waals surface area contributed by atoms with Gasteiger partial charge in [-0.05, 0) is 132 Å². The van der Waals surface area contributed by atoms with Gasteiger partial charge in [0.25, 0.3) is 0 Å². The summed E-state index contributed by atoms with van der Waals surface area (Å²) in [6.07, 6.45) is 10.1. The summed E-state index contributed by atoms with van der Waals surface area (Å²) in [6.45, 7) is 17.6. The number of anilines is 2. The molecule has 0 aromatic heterocycles. The minimum atomic E-state index is -0.0765. The van der Waals surface area contributed by atoms with Crippen LogP contribution in [0.25, 0.3) is 0 Å². The summed E-state index contributed by atoms with van der Waals surface area (Å²) >= 11 is -0.0765. The second kappa shape index (κ2) is 16.6. The third-order valence-corrected chi connectivity index (χ3v) is 12.3. The SMILES string of the molecule is Cc1cc(C)c(N2[CH-]N(c3c(C)cc(C)cc3C)CC2)c(C)c1.Oc1ccccc1C=NC12CC3CC(CC(C3)C1)C2.[Cl][Ru]=[CH]c1ccccc1. The van der Waals surface area contributed by atoms with Gasteiger partial charge in [0.15, 0.2) is 0 Å². The van der Waals surface area contributed by atoms with E-state index in [2.05, 4.69) is 99.0 Å². The van der Waals surface area contributed by atoms with Crippen molar-refractivity contribution in [1.29, 1.82) is 0 Å². The van der Waals surface area contributed by atoms with Gasteiger partial charge < -0.3 is 14.9 Å². The first-order valence-electron chi connectivity index (χ1n) is 18.5. The molecule has 1 N–H and O–H groups in total. The predicted octanol–water partition coefficient (Wildman–Crippen LogP) is 10.8. The Morgan fingerprint density at radius 3 is 1.61 bits per heavy atom. The maximum atomic E-state index is 9.83. The molecule has 4 nitrogen and oxygen atoms in total. The van der Waals surface area contributed by atoms with Crippen molar-refractivity contribution in [2.45, 2.75) is 85.6 Å². The van der Waals surface area contributed by atoms with E-state index in [-0.39, 0.29) is 21.2 Å². The van der Waals surface area contributed by atoms with Gasteiger partial charge in [-0.1, -0.05) is 47.5 Å². The molecule has 4 aromatic carbocycles. The molecule has 271 valence electrons. The zero-order chi connectivity index (χ0) is 36.1. The van der Waals surface area contributed by atoms with Crippen LogP contribution in [0.1, 0.15) is 83.0 Å². The van der Waals surface area contributed by atoms with Gasteiger partial charge in [-0.15, -0.1) is 0 Å². The van der Waals surface area contributed by atoms with Gasteiger partial charge in [0.05, 0.1) is 5.54 Å². The molecule has 9 rings (SSSR count). The molecular weight excluding hydrogens is 735 g/mol. The van der Waals surface area contributed by atoms with Crippen LogP contribution in [0.5, 0.6) is 5.75 Å². The first-order chi connectivity index (χ1) is 24.5. The second-order valence-corrected chi connectivity index (χ2v) is 17.3. The molecule has 5 aliphatic rings. The van der Waals surface area contributed by atoms with E-state index in [4.69, 9.17) is 14.7 Å². The van der Waals surface area contributed by atoms with Crippen LogP contribution in [-0.4, -0.2) is 34.6 Å². The monoisotopic (exact) mass is 789 g/mol. The summed E-state index contributed by atoms with van der Waals surface area (Å²) in [5, 5.41) is 9.83. The Morgan fingerprint density at radius 1 is 0.706 bits per heavy atom. The number of rotatable bonds is 5. The van der Waals surface area contributed by atoms with Crippen LogP contribution in [0.2, 0.25) is 0 Å². The summed E-state index contributed by atoms with van der Waals surface area (Å²) < 4.78 is 2.06. The Morgan fingerprint density at radius 2 is 1.16 bits per heavy atom. The van der Waals surface area contributed by atoms with Crippen molar-refractivity contribution in [3.63, 3.8) is 0 Å². The molecule has 1 saturated heterocycles. The van der Waals surface area contributed by atoms with Crippen LogP contribution in [0.4, 0.5) is 11.4 Å². The molecule has 1 aliphatic heterocycles. The van der Waals surface area contributed by atoms with Crippen LogP contribution in [0.15, 0.2) is 83.9 Å². The van der Waals surface area contributed by atoms with Gasteiger partial charge in [-0.3, -0.25) is 4.99 Å². The van der Waals surface area contributed by atoms with Crippen molar-refractivity contribution in [3.05, 3.63) is 130 Å². The standard InChI is InChI=1S/C21H27N2.C17H21NO.C7H6.ClH.Ru/c1-14-9-16(3)20(17(4)10-14)22-7-8-23(13-22)21-18(5)11-15(2)12-19(21)6;19-16-4-2-1-3-15(16)11-18-17-8-12-5-13(9-17)7-14(6-12)10-17;1-7-5-3-2-4-6-7;;/h9-13H,7-8H2,1-6H3;1-4,11-14,19H,5-10H2;1-6H;1H;/q-1;;;;+1/p-1. The van der Waals surface area contributed by atoms with Crippen LogP contribution >= 0.6 is 9.69 Å². The molecule has 4 aliphatic carbocycles. The van der Waals surface area contributed by atoms with E-state index < -0.39 is 0 Å². The molecule has 1 heterocycles. The average Bonchev–Trinajstić information content (AvgIpc) is 3.53. The molecule has 5 fully saturated rings. The Bertz CT molecular complexity index is 1720. The minimum absolute atomic E-state index is 0.0765. The molecule has 0 amide bonds. The fourth-order valence-electron chi connectivity index (χ4n) is 9.68. The van der Waals surface area contributed by atoms with Gasteiger partial charge in [0.1, 0.15) is 5.75 Å². The third kappa shape index (κ3) is 9.22. The zero-order valence-electron chi connectivity index (χ0n) is 31.1. The van der Waals surface area contributed by atoms with Gasteiger partial charge in [0.2, 0.25) is 0 Å². The van der Waals surface area contributed by atoms with E-state index in [1.54, 1.807) is 6.07 Å². The van der Waals surface area contributed by atoms with Gasteiger partial charge in [-0.25, -0.2) is 0 Å². The molecule has 0 radical (unpaired) electrons. The number of benzene rings is 4. The summed E-state index contributed by atoms with van der Waals surface area (Å²) in [7, 11) is 5.57. The molecule has 51 heavy (non-hydrogen) atoms. The van der Waals surface area contributed by atoms with Gasteiger partial charge >= 0.3 is 65.9 Å². The summed E-state index contributed by atoms with van der Waals surface area (Å²) in [5.74, 6) is 3.12. The summed E-state index contributed by atoms with van der Waals surface area (Å²) in [5.41, 5.74) is 13.1. The van der Waals surface area contributed by atoms with E-state index in [1.807, 2.05) is 42.6 Å². The van der Waals surface area contributed by atoms with E-state index in [9.17, 15) is 5.11 Å². The number of aryl methyl sites for hydroxylation is 6. The van der Waals surface area contributed by atoms with Crippen LogP contribution in [0, 0.1) is 66.0 Å². The number of para-hydroxylation sites is 1. The first-order valence-corrected chi connectivity index (χ1v) is 21.7. The van der Waals surface area contributed by atoms with Gasteiger partial charge in [0, 0.05) is 36.2 Å². The first kappa shape index (κ1) is 37.5. The Labute approximate surface area is 318 Å². The molecule has 4 aromatic rings. The number of hydrogen-bond donors (Lipinski definition) is 1. The van der Waals surface area contributed by atoms with Crippen molar-refractivity contribution < 1.29 is 20.8 Å². The Hall–Kier alpha value is -3.27. The fourth-order valence-corrected chi connectivity index (χ4v) is 10.8. The molecule has 0 unspecified atom stereocenters. The van der Waals surface area contributed by atoms with Crippen molar-refractivity contribution in [2.75, 3.05) is 22.9 Å². The molecular formula is C45H54ClN3ORu-. The number of phenols is 1. The number of phenolic OH excluding ortho intramolecular Hbond substituents is 1. The number of halogens is 1. The number of hydrogen-bond acceptors (Lipinski definition) is 4. The van der Waals surface area contributed by atoms with Crippen molar-refractivity contribution in [1.82, 2.24) is 0 Å². The summed E-state index contributed by atoms with van der Waals surface area (Å²) in [4.78, 5) is 9.77. The van der Waals surface area contributed by atoms with Crippen LogP contribution in [-0.2, 0) is 15.7 Å². The predicted molar refractivity (Wildman–Crippen MR) is 214 cm³/mol. The van der Waals surface area contributed by atoms with Crippen LogP contribution in [0.3, 0.4) is 0 Å². The van der Waals surface area contributed by atoms with E-state index in [1.165, 1.54) is 88.8 Å². The maximum absolute atomic E-state index is 9.83. The van der Waals surface area contributed by atoms with E-state index >= 15 is 0 Å². The Kier molecular flexibility index (Phi) is 12.2. The molecule has 4 saturated carbocycles. The third-order valence-electron chi connectivity index (χ3n) is 11.1. The van der Waals surface area contributed by atoms with Gasteiger partial charge in [-0.2, -0.15) is 6.67 Å². The summed E-state index contributed by atoms with van der Waals surface area (Å²) in [6, 6.07) is 26.7. The topological polar surface area (TPSA) is 39.1 Å². The second-order valence-electron chi connectivity index (χ2n) is 15.5. The fraction of sp³-hybridized carbons (Fsp3) is 0.400. The normalized spacial score (nSPS) is 23.5. The molecule has 6 heteroatoms. The Balaban J connectivity index is 0.000000144. The average molecular weight is 789 g/mol. The van der Waals surface area contributed by atoms with Crippen molar-refractivity contribution >= 4 is 31.9 Å². The van der Waals surface area contributed by atoms with E-state index in [0.29, 0.717) is 5.75 Å². The van der Waals surface area contributed by atoms with Crippen LogP contribution < -0.4 is 9.80 Å². The van der Waals surface area contributed by atoms with Crippen molar-refractivity contribution in [2.24, 2.45) is 22.7 Å². The molecule has 0 spiro atoms.